The molecule has 1 aromatic heterocycles. The minimum atomic E-state index is -3.77. The van der Waals surface area contributed by atoms with Gasteiger partial charge in [0.15, 0.2) is 0 Å². The maximum absolute atomic E-state index is 13.1. The Kier molecular flexibility index (Phi) is 4.11. The van der Waals surface area contributed by atoms with Crippen molar-refractivity contribution in [1.82, 2.24) is 9.71 Å². The molecule has 0 atom stereocenters. The highest BCUT2D eigenvalue weighted by atomic mass is 32.2. The molecule has 0 aliphatic heterocycles. The van der Waals surface area contributed by atoms with E-state index in [1.54, 1.807) is 45.2 Å². The molecule has 0 saturated heterocycles. The fraction of sp³-hybridized carbons (Fsp3) is 0.267. The number of hydrogen-bond acceptors (Lipinski definition) is 3. The van der Waals surface area contributed by atoms with Crippen LogP contribution in [-0.2, 0) is 15.6 Å². The number of rotatable bonds is 4. The number of hydrogen-bond donors (Lipinski definition) is 1. The first kappa shape index (κ1) is 15.6. The fourth-order valence-electron chi connectivity index (χ4n) is 2.09. The standard InChI is InChI=1S/C15H17FN2O2S/c1-11-10-12(16)7-8-13(11)21(19,20)18-15(2,3)14-6-4-5-9-17-14/h4-10,18H,1-3H3. The average molecular weight is 308 g/mol. The molecule has 0 fully saturated rings. The van der Waals surface area contributed by atoms with Crippen molar-refractivity contribution in [3.05, 3.63) is 59.7 Å². The van der Waals surface area contributed by atoms with Gasteiger partial charge in [0, 0.05) is 6.20 Å². The van der Waals surface area contributed by atoms with Gasteiger partial charge in [0.05, 0.1) is 16.1 Å². The molecule has 0 radical (unpaired) electrons. The summed E-state index contributed by atoms with van der Waals surface area (Å²) in [6.45, 7) is 5.02. The summed E-state index contributed by atoms with van der Waals surface area (Å²) in [4.78, 5) is 4.24. The van der Waals surface area contributed by atoms with E-state index >= 15 is 0 Å². The Bertz CT molecular complexity index is 744. The Morgan fingerprint density at radius 1 is 1.19 bits per heavy atom. The van der Waals surface area contributed by atoms with Crippen LogP contribution in [0.3, 0.4) is 0 Å². The summed E-state index contributed by atoms with van der Waals surface area (Å²) >= 11 is 0. The molecule has 1 heterocycles. The molecular weight excluding hydrogens is 291 g/mol. The van der Waals surface area contributed by atoms with Gasteiger partial charge in [0.1, 0.15) is 5.82 Å². The molecule has 6 heteroatoms. The van der Waals surface area contributed by atoms with Crippen molar-refractivity contribution >= 4 is 10.0 Å². The zero-order valence-corrected chi connectivity index (χ0v) is 12.9. The van der Waals surface area contributed by atoms with Crippen LogP contribution in [0.25, 0.3) is 0 Å². The number of nitrogens with zero attached hydrogens (tertiary/aromatic N) is 1. The maximum atomic E-state index is 13.1. The summed E-state index contributed by atoms with van der Waals surface area (Å²) in [6.07, 6.45) is 1.61. The molecule has 0 saturated carbocycles. The van der Waals surface area contributed by atoms with Gasteiger partial charge in [-0.3, -0.25) is 4.98 Å². The second-order valence-electron chi connectivity index (χ2n) is 5.36. The SMILES string of the molecule is Cc1cc(F)ccc1S(=O)(=O)NC(C)(C)c1ccccn1. The maximum Gasteiger partial charge on any atom is 0.241 e. The number of sulfonamides is 1. The third kappa shape index (κ3) is 3.46. The Balaban J connectivity index is 2.37. The van der Waals surface area contributed by atoms with Crippen LogP contribution in [0.15, 0.2) is 47.5 Å². The Morgan fingerprint density at radius 3 is 2.48 bits per heavy atom. The lowest BCUT2D eigenvalue weighted by Gasteiger charge is -2.25. The van der Waals surface area contributed by atoms with E-state index in [1.165, 1.54) is 12.1 Å². The summed E-state index contributed by atoms with van der Waals surface area (Å²) < 4.78 is 40.7. The van der Waals surface area contributed by atoms with Gasteiger partial charge in [-0.25, -0.2) is 12.8 Å². The zero-order valence-electron chi connectivity index (χ0n) is 12.1. The lowest BCUT2D eigenvalue weighted by Crippen LogP contribution is -2.41. The first-order valence-corrected chi connectivity index (χ1v) is 7.92. The molecule has 0 unspecified atom stereocenters. The van der Waals surface area contributed by atoms with Crippen LogP contribution < -0.4 is 4.72 Å². The van der Waals surface area contributed by atoms with Crippen LogP contribution >= 0.6 is 0 Å². The topological polar surface area (TPSA) is 59.1 Å². The highest BCUT2D eigenvalue weighted by molar-refractivity contribution is 7.89. The van der Waals surface area contributed by atoms with Gasteiger partial charge >= 0.3 is 0 Å². The van der Waals surface area contributed by atoms with Crippen molar-refractivity contribution in [3.63, 3.8) is 0 Å². The van der Waals surface area contributed by atoms with Crippen LogP contribution in [0, 0.1) is 12.7 Å². The molecule has 2 rings (SSSR count). The minimum Gasteiger partial charge on any atom is -0.259 e. The van der Waals surface area contributed by atoms with E-state index in [9.17, 15) is 12.8 Å². The van der Waals surface area contributed by atoms with Crippen LogP contribution in [0.2, 0.25) is 0 Å². The number of aromatic nitrogens is 1. The van der Waals surface area contributed by atoms with Gasteiger partial charge in [0.2, 0.25) is 10.0 Å². The van der Waals surface area contributed by atoms with Crippen LogP contribution in [0.4, 0.5) is 4.39 Å². The molecule has 21 heavy (non-hydrogen) atoms. The zero-order chi connectivity index (χ0) is 15.7. The first-order chi connectivity index (χ1) is 9.72. The number of benzene rings is 1. The number of aryl methyl sites for hydroxylation is 1. The number of halogens is 1. The molecule has 0 spiro atoms. The number of nitrogens with one attached hydrogen (secondary N) is 1. The van der Waals surface area contributed by atoms with E-state index in [0.29, 0.717) is 11.3 Å². The molecule has 2 aromatic rings. The first-order valence-electron chi connectivity index (χ1n) is 6.44. The van der Waals surface area contributed by atoms with Crippen molar-refractivity contribution in [3.8, 4) is 0 Å². The highest BCUT2D eigenvalue weighted by Gasteiger charge is 2.29. The summed E-state index contributed by atoms with van der Waals surface area (Å²) in [5, 5.41) is 0. The fourth-order valence-corrected chi connectivity index (χ4v) is 3.71. The quantitative estimate of drug-likeness (QED) is 0.945. The Hall–Kier alpha value is -1.79. The summed E-state index contributed by atoms with van der Waals surface area (Å²) in [5.74, 6) is -0.463. The molecule has 0 amide bonds. The van der Waals surface area contributed by atoms with Gasteiger partial charge in [0.25, 0.3) is 0 Å². The molecule has 0 aliphatic carbocycles. The molecule has 1 N–H and O–H groups in total. The van der Waals surface area contributed by atoms with E-state index in [4.69, 9.17) is 0 Å². The molecular formula is C15H17FN2O2S. The predicted molar refractivity (Wildman–Crippen MR) is 78.7 cm³/mol. The van der Waals surface area contributed by atoms with Crippen molar-refractivity contribution in [2.24, 2.45) is 0 Å². The Morgan fingerprint density at radius 2 is 1.90 bits per heavy atom. The molecule has 0 bridgehead atoms. The van der Waals surface area contributed by atoms with Crippen molar-refractivity contribution in [2.75, 3.05) is 0 Å². The van der Waals surface area contributed by atoms with Gasteiger partial charge < -0.3 is 0 Å². The van der Waals surface area contributed by atoms with E-state index < -0.39 is 21.4 Å². The van der Waals surface area contributed by atoms with Crippen molar-refractivity contribution < 1.29 is 12.8 Å². The summed E-state index contributed by atoms with van der Waals surface area (Å²) in [5.41, 5.74) is 0.0913. The molecule has 4 nitrogen and oxygen atoms in total. The third-order valence-corrected chi connectivity index (χ3v) is 4.94. The normalized spacial score (nSPS) is 12.4. The van der Waals surface area contributed by atoms with E-state index in [1.807, 2.05) is 0 Å². The van der Waals surface area contributed by atoms with Crippen LogP contribution in [-0.4, -0.2) is 13.4 Å². The summed E-state index contributed by atoms with van der Waals surface area (Å²) in [7, 11) is -3.77. The molecule has 0 aliphatic rings. The van der Waals surface area contributed by atoms with E-state index in [-0.39, 0.29) is 4.90 Å². The van der Waals surface area contributed by atoms with Crippen LogP contribution in [0.1, 0.15) is 25.1 Å². The van der Waals surface area contributed by atoms with Crippen LogP contribution in [0.5, 0.6) is 0 Å². The minimum absolute atomic E-state index is 0.0629. The van der Waals surface area contributed by atoms with Gasteiger partial charge in [-0.15, -0.1) is 0 Å². The van der Waals surface area contributed by atoms with Gasteiger partial charge in [-0.05, 0) is 56.7 Å². The summed E-state index contributed by atoms with van der Waals surface area (Å²) in [6, 6.07) is 8.90. The molecule has 112 valence electrons. The third-order valence-electron chi connectivity index (χ3n) is 3.12. The van der Waals surface area contributed by atoms with E-state index in [0.717, 1.165) is 6.07 Å². The average Bonchev–Trinajstić information content (AvgIpc) is 2.38. The second-order valence-corrected chi connectivity index (χ2v) is 7.01. The smallest absolute Gasteiger partial charge is 0.241 e. The van der Waals surface area contributed by atoms with Crippen molar-refractivity contribution in [2.45, 2.75) is 31.2 Å². The lowest BCUT2D eigenvalue weighted by molar-refractivity contribution is 0.460. The van der Waals surface area contributed by atoms with E-state index in [2.05, 4.69) is 9.71 Å². The Labute approximate surface area is 124 Å². The number of pyridine rings is 1. The monoisotopic (exact) mass is 308 g/mol. The second kappa shape index (κ2) is 5.54. The van der Waals surface area contributed by atoms with Gasteiger partial charge in [-0.1, -0.05) is 6.07 Å². The molecule has 1 aromatic carbocycles. The lowest BCUT2D eigenvalue weighted by atomic mass is 10.0. The van der Waals surface area contributed by atoms with Crippen molar-refractivity contribution in [1.29, 1.82) is 0 Å². The predicted octanol–water partition coefficient (Wildman–Crippen LogP) is 2.74. The largest absolute Gasteiger partial charge is 0.259 e. The van der Waals surface area contributed by atoms with Gasteiger partial charge in [-0.2, -0.15) is 4.72 Å². The highest BCUT2D eigenvalue weighted by Crippen LogP contribution is 2.23.